The Morgan fingerprint density at radius 3 is 2.69 bits per heavy atom. The number of rotatable bonds is 3. The largest absolute Gasteiger partial charge is 0.477 e. The van der Waals surface area contributed by atoms with Crippen LogP contribution in [0.5, 0.6) is 0 Å². The highest BCUT2D eigenvalue weighted by molar-refractivity contribution is 7.09. The summed E-state index contributed by atoms with van der Waals surface area (Å²) in [7, 11) is 0. The Balaban J connectivity index is 2.90. The number of hydrogen-bond donors (Lipinski definition) is 2. The maximum atomic E-state index is 12.6. The van der Waals surface area contributed by atoms with E-state index in [0.29, 0.717) is 0 Å². The molecule has 0 aromatic carbocycles. The van der Waals surface area contributed by atoms with Crippen LogP contribution in [-0.4, -0.2) is 27.1 Å². The van der Waals surface area contributed by atoms with Gasteiger partial charge < -0.3 is 10.2 Å². The van der Waals surface area contributed by atoms with Gasteiger partial charge in [-0.15, -0.1) is 11.3 Å². The quantitative estimate of drug-likeness (QED) is 0.775. The van der Waals surface area contributed by atoms with Crippen molar-refractivity contribution < 1.29 is 23.8 Å². The zero-order valence-electron chi connectivity index (χ0n) is 6.15. The van der Waals surface area contributed by atoms with Crippen LogP contribution in [0.2, 0.25) is 0 Å². The molecule has 7 heteroatoms. The smallest absolute Gasteiger partial charge is 0.377 e. The first-order chi connectivity index (χ1) is 5.96. The summed E-state index contributed by atoms with van der Waals surface area (Å²) in [6.45, 7) is 0. The number of hydrogen-bond acceptors (Lipinski definition) is 4. The van der Waals surface area contributed by atoms with Crippen molar-refractivity contribution in [3.05, 3.63) is 16.6 Å². The molecule has 1 heterocycles. The fourth-order valence-electron chi connectivity index (χ4n) is 0.656. The zero-order valence-corrected chi connectivity index (χ0v) is 6.96. The fourth-order valence-corrected chi connectivity index (χ4v) is 1.30. The Morgan fingerprint density at radius 1 is 1.69 bits per heavy atom. The second kappa shape index (κ2) is 3.35. The third-order valence-electron chi connectivity index (χ3n) is 1.35. The van der Waals surface area contributed by atoms with E-state index in [-0.39, 0.29) is 4.88 Å². The van der Waals surface area contributed by atoms with Crippen molar-refractivity contribution in [1.29, 1.82) is 0 Å². The molecule has 13 heavy (non-hydrogen) atoms. The minimum absolute atomic E-state index is 0.174. The molecule has 0 radical (unpaired) electrons. The molecule has 1 rings (SSSR count). The number of carbonyl (C=O) groups is 1. The molecule has 72 valence electrons. The lowest BCUT2D eigenvalue weighted by Crippen LogP contribution is -2.35. The predicted molar refractivity (Wildman–Crippen MR) is 39.7 cm³/mol. The SMILES string of the molecule is O=C(O)C(F)(F)C(O)c1cncs1. The second-order valence-corrected chi connectivity index (χ2v) is 3.15. The third-order valence-corrected chi connectivity index (χ3v) is 2.18. The summed E-state index contributed by atoms with van der Waals surface area (Å²) in [5.41, 5.74) is 1.23. The zero-order chi connectivity index (χ0) is 10.1. The molecule has 1 aromatic rings. The molecule has 2 N–H and O–H groups in total. The normalized spacial score (nSPS) is 14.1. The van der Waals surface area contributed by atoms with E-state index in [1.807, 2.05) is 0 Å². The summed E-state index contributed by atoms with van der Waals surface area (Å²) >= 11 is 0.771. The van der Waals surface area contributed by atoms with Crippen molar-refractivity contribution in [2.45, 2.75) is 12.0 Å². The Hall–Kier alpha value is -1.08. The number of aliphatic hydroxyl groups is 1. The first kappa shape index (κ1) is 10.0. The summed E-state index contributed by atoms with van der Waals surface area (Å²) in [6.07, 6.45) is -1.33. The van der Waals surface area contributed by atoms with Gasteiger partial charge >= 0.3 is 11.9 Å². The van der Waals surface area contributed by atoms with Crippen LogP contribution in [0.3, 0.4) is 0 Å². The summed E-state index contributed by atoms with van der Waals surface area (Å²) in [5.74, 6) is -6.53. The van der Waals surface area contributed by atoms with E-state index >= 15 is 0 Å². The van der Waals surface area contributed by atoms with Crippen molar-refractivity contribution in [2.24, 2.45) is 0 Å². The number of aromatic nitrogens is 1. The van der Waals surface area contributed by atoms with Crippen LogP contribution in [0.25, 0.3) is 0 Å². The molecule has 0 aliphatic heterocycles. The van der Waals surface area contributed by atoms with Gasteiger partial charge in [0.05, 0.1) is 10.4 Å². The van der Waals surface area contributed by atoms with Gasteiger partial charge in [-0.2, -0.15) is 8.78 Å². The molecule has 0 aliphatic carbocycles. The lowest BCUT2D eigenvalue weighted by atomic mass is 10.2. The lowest BCUT2D eigenvalue weighted by Gasteiger charge is -2.15. The fraction of sp³-hybridized carbons (Fsp3) is 0.333. The number of carboxylic acids is 1. The van der Waals surface area contributed by atoms with Crippen LogP contribution in [0, 0.1) is 0 Å². The van der Waals surface area contributed by atoms with E-state index in [9.17, 15) is 13.6 Å². The highest BCUT2D eigenvalue weighted by Crippen LogP contribution is 2.32. The molecule has 1 unspecified atom stereocenters. The van der Waals surface area contributed by atoms with Crippen LogP contribution >= 0.6 is 11.3 Å². The van der Waals surface area contributed by atoms with Crippen LogP contribution in [-0.2, 0) is 4.79 Å². The van der Waals surface area contributed by atoms with Crippen LogP contribution in [0.4, 0.5) is 8.78 Å². The molecule has 0 saturated carbocycles. The summed E-state index contributed by atoms with van der Waals surface area (Å²) in [6, 6.07) is 0. The van der Waals surface area contributed by atoms with Crippen molar-refractivity contribution in [2.75, 3.05) is 0 Å². The second-order valence-electron chi connectivity index (χ2n) is 2.23. The first-order valence-corrected chi connectivity index (χ1v) is 4.02. The van der Waals surface area contributed by atoms with Gasteiger partial charge in [-0.05, 0) is 0 Å². The van der Waals surface area contributed by atoms with Crippen LogP contribution < -0.4 is 0 Å². The monoisotopic (exact) mass is 209 g/mol. The van der Waals surface area contributed by atoms with Gasteiger partial charge in [0.15, 0.2) is 6.10 Å². The Kier molecular flexibility index (Phi) is 2.58. The minimum Gasteiger partial charge on any atom is -0.477 e. The molecule has 0 bridgehead atoms. The lowest BCUT2D eigenvalue weighted by molar-refractivity contribution is -0.182. The Morgan fingerprint density at radius 2 is 2.31 bits per heavy atom. The van der Waals surface area contributed by atoms with Gasteiger partial charge in [-0.3, -0.25) is 4.98 Å². The highest BCUT2D eigenvalue weighted by Gasteiger charge is 2.48. The number of alkyl halides is 2. The number of thiazole rings is 1. The molecule has 4 nitrogen and oxygen atoms in total. The number of aliphatic carboxylic acids is 1. The molecule has 0 aliphatic rings. The molecule has 1 atom stereocenters. The number of aliphatic hydroxyl groups excluding tert-OH is 1. The third kappa shape index (κ3) is 1.81. The molecule has 0 spiro atoms. The van der Waals surface area contributed by atoms with Gasteiger partial charge in [0.2, 0.25) is 0 Å². The van der Waals surface area contributed by atoms with E-state index in [1.54, 1.807) is 0 Å². The Labute approximate surface area is 75.5 Å². The first-order valence-electron chi connectivity index (χ1n) is 3.14. The summed E-state index contributed by atoms with van der Waals surface area (Å²) in [4.78, 5) is 13.3. The van der Waals surface area contributed by atoms with Crippen molar-refractivity contribution in [3.8, 4) is 0 Å². The predicted octanol–water partition coefficient (Wildman–Crippen LogP) is 0.896. The summed E-state index contributed by atoms with van der Waals surface area (Å²) < 4.78 is 25.3. The number of carboxylic acid groups (broad SMARTS) is 1. The number of halogens is 2. The van der Waals surface area contributed by atoms with Gasteiger partial charge in [0, 0.05) is 6.20 Å². The van der Waals surface area contributed by atoms with Gasteiger partial charge in [-0.1, -0.05) is 0 Å². The molecule has 0 saturated heterocycles. The van der Waals surface area contributed by atoms with Crippen LogP contribution in [0.15, 0.2) is 11.7 Å². The summed E-state index contributed by atoms with van der Waals surface area (Å²) in [5, 5.41) is 17.0. The average molecular weight is 209 g/mol. The van der Waals surface area contributed by atoms with E-state index in [1.165, 1.54) is 5.51 Å². The van der Waals surface area contributed by atoms with Crippen molar-refractivity contribution >= 4 is 17.3 Å². The van der Waals surface area contributed by atoms with E-state index in [0.717, 1.165) is 17.5 Å². The highest BCUT2D eigenvalue weighted by atomic mass is 32.1. The van der Waals surface area contributed by atoms with Gasteiger partial charge in [0.25, 0.3) is 0 Å². The van der Waals surface area contributed by atoms with Crippen molar-refractivity contribution in [1.82, 2.24) is 4.98 Å². The van der Waals surface area contributed by atoms with Gasteiger partial charge in [-0.25, -0.2) is 4.79 Å². The Bertz CT molecular complexity index is 301. The molecule has 0 amide bonds. The van der Waals surface area contributed by atoms with E-state index < -0.39 is 18.0 Å². The van der Waals surface area contributed by atoms with E-state index in [4.69, 9.17) is 10.2 Å². The minimum atomic E-state index is -4.17. The maximum Gasteiger partial charge on any atom is 0.377 e. The average Bonchev–Trinajstić information content (AvgIpc) is 2.54. The molecule has 1 aromatic heterocycles. The maximum absolute atomic E-state index is 12.6. The molecular weight excluding hydrogens is 204 g/mol. The topological polar surface area (TPSA) is 70.4 Å². The van der Waals surface area contributed by atoms with Crippen molar-refractivity contribution in [3.63, 3.8) is 0 Å². The molecule has 0 fully saturated rings. The van der Waals surface area contributed by atoms with E-state index in [2.05, 4.69) is 4.98 Å². The standard InChI is InChI=1S/C6H5F2NO3S/c7-6(8,5(11)12)4(10)3-1-9-2-13-3/h1-2,4,10H,(H,11,12). The number of nitrogens with zero attached hydrogens (tertiary/aromatic N) is 1. The molecular formula is C6H5F2NO3S. The van der Waals surface area contributed by atoms with Crippen LogP contribution in [0.1, 0.15) is 11.0 Å². The van der Waals surface area contributed by atoms with Gasteiger partial charge in [0.1, 0.15) is 0 Å².